The van der Waals surface area contributed by atoms with E-state index in [1.807, 2.05) is 20.8 Å². The second-order valence-corrected chi connectivity index (χ2v) is 4.49. The first-order chi connectivity index (χ1) is 6.43. The molecule has 0 radical (unpaired) electrons. The number of hydrogen-bond donors (Lipinski definition) is 1. The molecule has 1 N–H and O–H groups in total. The van der Waals surface area contributed by atoms with Crippen molar-refractivity contribution in [3.05, 3.63) is 0 Å². The fourth-order valence-electron chi connectivity index (χ4n) is 1.28. The monoisotopic (exact) mass is 204 g/mol. The quantitative estimate of drug-likeness (QED) is 0.687. The van der Waals surface area contributed by atoms with Gasteiger partial charge in [-0.05, 0) is 26.2 Å². The summed E-state index contributed by atoms with van der Waals surface area (Å²) in [6.07, 6.45) is 1.23. The van der Waals surface area contributed by atoms with Crippen LogP contribution in [-0.2, 0) is 9.47 Å². The van der Waals surface area contributed by atoms with Crippen LogP contribution in [0.3, 0.4) is 0 Å². The van der Waals surface area contributed by atoms with Crippen molar-refractivity contribution in [1.29, 1.82) is 0 Å². The van der Waals surface area contributed by atoms with Crippen LogP contribution in [0.15, 0.2) is 0 Å². The zero-order valence-corrected chi connectivity index (χ0v) is 10.0. The smallest absolute Gasteiger partial charge is 0.0647 e. The minimum absolute atomic E-state index is 0.249. The van der Waals surface area contributed by atoms with E-state index in [0.717, 1.165) is 6.42 Å². The van der Waals surface area contributed by atoms with E-state index >= 15 is 0 Å². The van der Waals surface area contributed by atoms with Crippen LogP contribution in [0.5, 0.6) is 0 Å². The zero-order valence-electron chi connectivity index (χ0n) is 10.0. The Labute approximate surface area is 87.4 Å². The van der Waals surface area contributed by atoms with Gasteiger partial charge in [-0.1, -0.05) is 6.92 Å². The standard InChI is InChI=1S/C11H24O3/c1-9(6-7-13-4)10(12)8-11(2,3)14-5/h9-10,12H,6-8H2,1-5H3. The highest BCUT2D eigenvalue weighted by atomic mass is 16.5. The first-order valence-electron chi connectivity index (χ1n) is 5.15. The van der Waals surface area contributed by atoms with Crippen molar-refractivity contribution in [1.82, 2.24) is 0 Å². The minimum Gasteiger partial charge on any atom is -0.393 e. The van der Waals surface area contributed by atoms with Crippen molar-refractivity contribution in [2.24, 2.45) is 5.92 Å². The Kier molecular flexibility index (Phi) is 6.33. The summed E-state index contributed by atoms with van der Waals surface area (Å²) >= 11 is 0. The third kappa shape index (κ3) is 5.58. The predicted octanol–water partition coefficient (Wildman–Crippen LogP) is 1.83. The van der Waals surface area contributed by atoms with Crippen molar-refractivity contribution in [3.63, 3.8) is 0 Å². The van der Waals surface area contributed by atoms with Gasteiger partial charge in [0.15, 0.2) is 0 Å². The topological polar surface area (TPSA) is 38.7 Å². The molecule has 0 saturated carbocycles. The summed E-state index contributed by atoms with van der Waals surface area (Å²) in [5.41, 5.74) is -0.249. The Morgan fingerprint density at radius 2 is 1.86 bits per heavy atom. The molecule has 0 aromatic rings. The second kappa shape index (κ2) is 6.38. The summed E-state index contributed by atoms with van der Waals surface area (Å²) in [5.74, 6) is 0.254. The molecule has 86 valence electrons. The van der Waals surface area contributed by atoms with Crippen molar-refractivity contribution in [2.45, 2.75) is 45.3 Å². The number of rotatable bonds is 7. The van der Waals surface area contributed by atoms with Gasteiger partial charge in [0.05, 0.1) is 11.7 Å². The van der Waals surface area contributed by atoms with E-state index in [2.05, 4.69) is 0 Å². The van der Waals surface area contributed by atoms with E-state index in [9.17, 15) is 5.11 Å². The fraction of sp³-hybridized carbons (Fsp3) is 1.00. The molecule has 0 bridgehead atoms. The summed E-state index contributed by atoms with van der Waals surface area (Å²) in [7, 11) is 3.35. The van der Waals surface area contributed by atoms with Gasteiger partial charge in [0.1, 0.15) is 0 Å². The van der Waals surface area contributed by atoms with Crippen LogP contribution >= 0.6 is 0 Å². The lowest BCUT2D eigenvalue weighted by Gasteiger charge is -2.28. The largest absolute Gasteiger partial charge is 0.393 e. The Morgan fingerprint density at radius 3 is 2.29 bits per heavy atom. The fourth-order valence-corrected chi connectivity index (χ4v) is 1.28. The van der Waals surface area contributed by atoms with Gasteiger partial charge in [0.2, 0.25) is 0 Å². The molecule has 0 heterocycles. The van der Waals surface area contributed by atoms with E-state index < -0.39 is 0 Å². The average molecular weight is 204 g/mol. The van der Waals surface area contributed by atoms with E-state index in [1.54, 1.807) is 14.2 Å². The molecule has 0 aliphatic heterocycles. The first-order valence-corrected chi connectivity index (χ1v) is 5.15. The van der Waals surface area contributed by atoms with E-state index in [0.29, 0.717) is 13.0 Å². The zero-order chi connectivity index (χ0) is 11.2. The van der Waals surface area contributed by atoms with Crippen molar-refractivity contribution in [2.75, 3.05) is 20.8 Å². The van der Waals surface area contributed by atoms with Crippen LogP contribution in [0.2, 0.25) is 0 Å². The van der Waals surface area contributed by atoms with Gasteiger partial charge in [-0.2, -0.15) is 0 Å². The maximum absolute atomic E-state index is 9.88. The molecule has 0 amide bonds. The third-order valence-electron chi connectivity index (χ3n) is 2.69. The second-order valence-electron chi connectivity index (χ2n) is 4.49. The number of methoxy groups -OCH3 is 2. The average Bonchev–Trinajstić information content (AvgIpc) is 2.13. The molecule has 0 aliphatic rings. The summed E-state index contributed by atoms with van der Waals surface area (Å²) in [6, 6.07) is 0. The number of ether oxygens (including phenoxy) is 2. The summed E-state index contributed by atoms with van der Waals surface area (Å²) < 4.78 is 10.2. The summed E-state index contributed by atoms with van der Waals surface area (Å²) in [5, 5.41) is 9.88. The normalized spacial score (nSPS) is 16.7. The maximum Gasteiger partial charge on any atom is 0.0647 e. The molecular weight excluding hydrogens is 180 g/mol. The Bertz CT molecular complexity index is 145. The molecule has 3 nitrogen and oxygen atoms in total. The molecule has 0 rings (SSSR count). The molecular formula is C11H24O3. The molecule has 14 heavy (non-hydrogen) atoms. The van der Waals surface area contributed by atoms with Crippen LogP contribution in [-0.4, -0.2) is 37.6 Å². The van der Waals surface area contributed by atoms with Crippen molar-refractivity contribution in [3.8, 4) is 0 Å². The summed E-state index contributed by atoms with van der Waals surface area (Å²) in [6.45, 7) is 6.71. The minimum atomic E-state index is -0.319. The van der Waals surface area contributed by atoms with Gasteiger partial charge in [0, 0.05) is 27.2 Å². The van der Waals surface area contributed by atoms with Crippen molar-refractivity contribution >= 4 is 0 Å². The Hall–Kier alpha value is -0.120. The van der Waals surface area contributed by atoms with Crippen LogP contribution in [0.1, 0.15) is 33.6 Å². The van der Waals surface area contributed by atoms with E-state index in [4.69, 9.17) is 9.47 Å². The van der Waals surface area contributed by atoms with Gasteiger partial charge in [-0.15, -0.1) is 0 Å². The third-order valence-corrected chi connectivity index (χ3v) is 2.69. The maximum atomic E-state index is 9.88. The van der Waals surface area contributed by atoms with Gasteiger partial charge >= 0.3 is 0 Å². The van der Waals surface area contributed by atoms with Gasteiger partial charge in [0.25, 0.3) is 0 Å². The highest BCUT2D eigenvalue weighted by Crippen LogP contribution is 2.21. The SMILES string of the molecule is COCCC(C)C(O)CC(C)(C)OC. The van der Waals surface area contributed by atoms with Crippen LogP contribution in [0, 0.1) is 5.92 Å². The molecule has 2 unspecified atom stereocenters. The lowest BCUT2D eigenvalue weighted by atomic mass is 9.91. The Morgan fingerprint density at radius 1 is 1.29 bits per heavy atom. The summed E-state index contributed by atoms with van der Waals surface area (Å²) in [4.78, 5) is 0. The molecule has 2 atom stereocenters. The number of hydrogen-bond acceptors (Lipinski definition) is 3. The molecule has 0 aliphatic carbocycles. The van der Waals surface area contributed by atoms with Gasteiger partial charge in [-0.3, -0.25) is 0 Å². The molecule has 0 saturated heterocycles. The lowest BCUT2D eigenvalue weighted by molar-refractivity contribution is -0.0353. The first kappa shape index (κ1) is 13.9. The van der Waals surface area contributed by atoms with Crippen LogP contribution in [0.25, 0.3) is 0 Å². The van der Waals surface area contributed by atoms with E-state index in [1.165, 1.54) is 0 Å². The highest BCUT2D eigenvalue weighted by Gasteiger charge is 2.24. The molecule has 3 heteroatoms. The molecule has 0 fully saturated rings. The van der Waals surface area contributed by atoms with Gasteiger partial charge in [-0.25, -0.2) is 0 Å². The number of aliphatic hydroxyl groups excluding tert-OH is 1. The van der Waals surface area contributed by atoms with Gasteiger partial charge < -0.3 is 14.6 Å². The number of aliphatic hydroxyl groups is 1. The van der Waals surface area contributed by atoms with Crippen LogP contribution in [0.4, 0.5) is 0 Å². The Balaban J connectivity index is 3.87. The van der Waals surface area contributed by atoms with Crippen molar-refractivity contribution < 1.29 is 14.6 Å². The molecule has 0 aromatic heterocycles. The van der Waals surface area contributed by atoms with E-state index in [-0.39, 0.29) is 17.6 Å². The lowest BCUT2D eigenvalue weighted by Crippen LogP contribution is -2.32. The predicted molar refractivity (Wildman–Crippen MR) is 57.4 cm³/mol. The highest BCUT2D eigenvalue weighted by molar-refractivity contribution is 4.76. The molecule has 0 spiro atoms. The van der Waals surface area contributed by atoms with Crippen LogP contribution < -0.4 is 0 Å². The molecule has 0 aromatic carbocycles.